The number of rotatable bonds is 28. The number of carboxylic acid groups (broad SMARTS) is 3. The number of fused-ring (bicyclic) bond motifs is 3. The first-order chi connectivity index (χ1) is 39.7. The summed E-state index contributed by atoms with van der Waals surface area (Å²) in [6, 6.07) is 15.7. The van der Waals surface area contributed by atoms with E-state index in [1.807, 2.05) is 43.9 Å². The fourth-order valence-electron chi connectivity index (χ4n) is 8.97. The summed E-state index contributed by atoms with van der Waals surface area (Å²) in [4.78, 5) is 82.7. The Balaban J connectivity index is 0.854. The van der Waals surface area contributed by atoms with Crippen LogP contribution >= 0.6 is 23.2 Å². The highest BCUT2D eigenvalue weighted by atomic mass is 35.5. The highest BCUT2D eigenvalue weighted by Crippen LogP contribution is 2.46. The van der Waals surface area contributed by atoms with Crippen molar-refractivity contribution in [2.24, 2.45) is 0 Å². The molecule has 25 nitrogen and oxygen atoms in total. The van der Waals surface area contributed by atoms with E-state index in [9.17, 15) is 44.1 Å². The summed E-state index contributed by atoms with van der Waals surface area (Å²) in [6.45, 7) is 10.5. The number of aromatic nitrogens is 2. The topological polar surface area (TPSA) is 289 Å². The van der Waals surface area contributed by atoms with Gasteiger partial charge in [-0.15, -0.1) is 0 Å². The molecule has 3 heterocycles. The van der Waals surface area contributed by atoms with E-state index in [2.05, 4.69) is 16.0 Å². The van der Waals surface area contributed by atoms with Crippen LogP contribution in [-0.2, 0) is 44.7 Å². The van der Waals surface area contributed by atoms with E-state index in [-0.39, 0.29) is 103 Å². The number of nitrogens with one attached hydrogen (secondary N) is 3. The highest BCUT2D eigenvalue weighted by molar-refractivity contribution is 6.34. The van der Waals surface area contributed by atoms with Crippen molar-refractivity contribution >= 4 is 64.6 Å². The largest absolute Gasteiger partial charge is 0.496 e. The van der Waals surface area contributed by atoms with Crippen LogP contribution in [-0.4, -0.2) is 250 Å². The fourth-order valence-corrected chi connectivity index (χ4v) is 9.49. The third-order valence-electron chi connectivity index (χ3n) is 13.6. The van der Waals surface area contributed by atoms with Crippen LogP contribution in [0, 0.1) is 0 Å². The summed E-state index contributed by atoms with van der Waals surface area (Å²) < 4.78 is 36.1. The average molecular weight is 1200 g/mol. The standard InChI is InChI=1S/C56H76Cl2N10O15/c1-56(2,3)63(4)54(76)52-45-37-83-47-32-46(78-5)43(31-44(47)53(45)68(62-52)42-29-39(57)28-40(58)30-42)38-6-8-41(9-7-38)61-55(77)60-11-21-80-23-25-82-27-26-81-24-22-79-20-10-59-48(69)33-64-12-14-65(34-49(70)71)16-18-67(36-51(74)75)19-17-66(15-13-64)35-50(72)73/h6-9,28-32H,10-27,33-37H2,1-5H3,(H,59,69)(H,70,71)(H,72,73)(H,74,75)(H2,60,61,77). The van der Waals surface area contributed by atoms with Gasteiger partial charge in [-0.25, -0.2) is 9.48 Å². The van der Waals surface area contributed by atoms with E-state index < -0.39 is 29.5 Å². The number of benzene rings is 3. The molecule has 6 rings (SSSR count). The van der Waals surface area contributed by atoms with Gasteiger partial charge in [0.15, 0.2) is 5.69 Å². The summed E-state index contributed by atoms with van der Waals surface area (Å²) in [6.07, 6.45) is 0. The number of hydrogen-bond acceptors (Lipinski definition) is 17. The molecule has 3 aromatic carbocycles. The Labute approximate surface area is 492 Å². The number of carboxylic acids is 3. The summed E-state index contributed by atoms with van der Waals surface area (Å²) in [7, 11) is 3.31. The minimum Gasteiger partial charge on any atom is -0.496 e. The SMILES string of the molecule is COc1cc2c(cc1-c1ccc(NC(=O)NCCOCCOCCOCCOCCNC(=O)CN3CCN(CC(=O)O)CCN(CC(=O)O)CCN(CC(=O)O)CC3)cc1)-c1c(c(C(=O)N(C)C(C)(C)C)nn1-c1cc(Cl)cc(Cl)c1)CO2. The lowest BCUT2D eigenvalue weighted by molar-refractivity contribution is -0.140. The van der Waals surface area contributed by atoms with Crippen LogP contribution in [0.5, 0.6) is 11.5 Å². The Hall–Kier alpha value is -6.65. The Morgan fingerprint density at radius 3 is 1.58 bits per heavy atom. The lowest BCUT2D eigenvalue weighted by Gasteiger charge is -2.32. The fraction of sp³-hybridized carbons (Fsp3) is 0.518. The van der Waals surface area contributed by atoms with Gasteiger partial charge in [-0.3, -0.25) is 43.6 Å². The van der Waals surface area contributed by atoms with E-state index in [1.165, 1.54) is 0 Å². The summed E-state index contributed by atoms with van der Waals surface area (Å²) in [5, 5.41) is 42.4. The predicted octanol–water partition coefficient (Wildman–Crippen LogP) is 4.06. The molecule has 2 aliphatic rings. The number of urea groups is 1. The van der Waals surface area contributed by atoms with Crippen LogP contribution in [0.3, 0.4) is 0 Å². The van der Waals surface area contributed by atoms with Crippen molar-refractivity contribution in [2.75, 3.05) is 164 Å². The summed E-state index contributed by atoms with van der Waals surface area (Å²) in [5.74, 6) is -2.54. The molecule has 1 aromatic heterocycles. The molecule has 27 heteroatoms. The van der Waals surface area contributed by atoms with Crippen molar-refractivity contribution in [1.82, 2.24) is 44.9 Å². The van der Waals surface area contributed by atoms with Crippen molar-refractivity contribution in [1.29, 1.82) is 0 Å². The zero-order chi connectivity index (χ0) is 60.1. The molecule has 4 aromatic rings. The molecule has 0 radical (unpaired) electrons. The van der Waals surface area contributed by atoms with Crippen LogP contribution in [0.1, 0.15) is 36.8 Å². The number of amides is 4. The normalized spacial score (nSPS) is 14.7. The maximum absolute atomic E-state index is 14.0. The molecule has 83 heavy (non-hydrogen) atoms. The molecular formula is C56H76Cl2N10O15. The Kier molecular flexibility index (Phi) is 25.6. The van der Waals surface area contributed by atoms with Gasteiger partial charge in [-0.1, -0.05) is 35.3 Å². The van der Waals surface area contributed by atoms with Crippen LogP contribution in [0.2, 0.25) is 10.0 Å². The molecule has 0 saturated carbocycles. The van der Waals surface area contributed by atoms with Crippen LogP contribution in [0.15, 0.2) is 54.6 Å². The number of halogens is 2. The average Bonchev–Trinajstić information content (AvgIpc) is 3.47. The van der Waals surface area contributed by atoms with Gasteiger partial charge in [-0.05, 0) is 62.7 Å². The molecule has 0 bridgehead atoms. The van der Waals surface area contributed by atoms with Crippen molar-refractivity contribution < 1.29 is 72.5 Å². The molecule has 0 spiro atoms. The lowest BCUT2D eigenvalue weighted by Crippen LogP contribution is -2.50. The molecule has 0 aliphatic carbocycles. The van der Waals surface area contributed by atoms with Gasteiger partial charge in [0.05, 0.1) is 97.5 Å². The maximum atomic E-state index is 14.0. The molecule has 454 valence electrons. The molecule has 6 N–H and O–H groups in total. The molecule has 4 amide bonds. The van der Waals surface area contributed by atoms with Gasteiger partial charge in [0.2, 0.25) is 5.91 Å². The quantitative estimate of drug-likeness (QED) is 0.0437. The minimum absolute atomic E-state index is 0.00688. The van der Waals surface area contributed by atoms with Crippen LogP contribution < -0.4 is 25.4 Å². The molecule has 0 atom stereocenters. The predicted molar refractivity (Wildman–Crippen MR) is 309 cm³/mol. The zero-order valence-electron chi connectivity index (χ0n) is 47.6. The third kappa shape index (κ3) is 20.9. The van der Waals surface area contributed by atoms with Crippen molar-refractivity contribution in [2.45, 2.75) is 32.9 Å². The van der Waals surface area contributed by atoms with Gasteiger partial charge in [0.1, 0.15) is 18.1 Å². The van der Waals surface area contributed by atoms with E-state index in [4.69, 9.17) is 56.7 Å². The molecular weight excluding hydrogens is 1120 g/mol. The molecule has 1 saturated heterocycles. The number of carbonyl (C=O) groups excluding carboxylic acids is 3. The second-order valence-electron chi connectivity index (χ2n) is 20.6. The Morgan fingerprint density at radius 2 is 1.11 bits per heavy atom. The monoisotopic (exact) mass is 1200 g/mol. The van der Waals surface area contributed by atoms with Crippen LogP contribution in [0.4, 0.5) is 10.5 Å². The lowest BCUT2D eigenvalue weighted by atomic mass is 9.95. The summed E-state index contributed by atoms with van der Waals surface area (Å²) in [5.41, 5.74) is 4.34. The Morgan fingerprint density at radius 1 is 0.639 bits per heavy atom. The van der Waals surface area contributed by atoms with E-state index in [1.54, 1.807) is 74.8 Å². The number of aliphatic carboxylic acids is 3. The van der Waals surface area contributed by atoms with Crippen LogP contribution in [0.25, 0.3) is 28.1 Å². The number of anilines is 1. The zero-order valence-corrected chi connectivity index (χ0v) is 49.1. The van der Waals surface area contributed by atoms with Gasteiger partial charge in [0.25, 0.3) is 5.91 Å². The van der Waals surface area contributed by atoms with Gasteiger partial charge >= 0.3 is 23.9 Å². The van der Waals surface area contributed by atoms with Gasteiger partial charge < -0.3 is 64.6 Å². The number of methoxy groups -OCH3 is 1. The number of hydrogen-bond donors (Lipinski definition) is 6. The maximum Gasteiger partial charge on any atom is 0.319 e. The van der Waals surface area contributed by atoms with Gasteiger partial charge in [-0.2, -0.15) is 5.10 Å². The first-order valence-electron chi connectivity index (χ1n) is 27.2. The smallest absolute Gasteiger partial charge is 0.319 e. The number of nitrogens with zero attached hydrogens (tertiary/aromatic N) is 7. The second-order valence-corrected chi connectivity index (χ2v) is 21.5. The van der Waals surface area contributed by atoms with E-state index >= 15 is 0 Å². The van der Waals surface area contributed by atoms with E-state index in [0.717, 1.165) is 11.1 Å². The first kappa shape index (κ1) is 65.5. The summed E-state index contributed by atoms with van der Waals surface area (Å²) >= 11 is 12.9. The first-order valence-corrected chi connectivity index (χ1v) is 27.9. The molecule has 0 unspecified atom stereocenters. The van der Waals surface area contributed by atoms with Crippen molar-refractivity contribution in [3.05, 3.63) is 75.9 Å². The van der Waals surface area contributed by atoms with Crippen molar-refractivity contribution in [3.63, 3.8) is 0 Å². The highest BCUT2D eigenvalue weighted by Gasteiger charge is 2.35. The van der Waals surface area contributed by atoms with E-state index in [0.29, 0.717) is 116 Å². The molecule has 1 fully saturated rings. The number of carbonyl (C=O) groups is 6. The minimum atomic E-state index is -1.03. The second kappa shape index (κ2) is 32.4. The Bertz CT molecular complexity index is 2780. The number of ether oxygens (including phenoxy) is 6. The third-order valence-corrected chi connectivity index (χ3v) is 14.0. The van der Waals surface area contributed by atoms with Crippen molar-refractivity contribution in [3.8, 4) is 39.6 Å². The molecule has 2 aliphatic heterocycles. The van der Waals surface area contributed by atoms with Gasteiger partial charge in [0, 0.05) is 117 Å².